The molecule has 1 heterocycles. The molecule has 31 heavy (non-hydrogen) atoms. The summed E-state index contributed by atoms with van der Waals surface area (Å²) in [6, 6.07) is 19.5. The number of hydrogen-bond donors (Lipinski definition) is 1. The molecule has 3 aromatic carbocycles. The molecular weight excluding hydrogens is 455 g/mol. The van der Waals surface area contributed by atoms with E-state index in [-0.39, 0.29) is 0 Å². The third kappa shape index (κ3) is 4.47. The number of nitrogens with zero attached hydrogens (tertiary/aromatic N) is 1. The van der Waals surface area contributed by atoms with E-state index < -0.39 is 11.7 Å². The minimum atomic E-state index is -0.740. The van der Waals surface area contributed by atoms with Gasteiger partial charge in [0.25, 0.3) is 11.7 Å². The monoisotopic (exact) mass is 470 g/mol. The summed E-state index contributed by atoms with van der Waals surface area (Å²) >= 11 is 18.2. The van der Waals surface area contributed by atoms with E-state index in [2.05, 4.69) is 5.32 Å². The highest BCUT2D eigenvalue weighted by Crippen LogP contribution is 2.30. The summed E-state index contributed by atoms with van der Waals surface area (Å²) in [5, 5.41) is 4.86. The van der Waals surface area contributed by atoms with Gasteiger partial charge in [0.05, 0.1) is 5.56 Å². The van der Waals surface area contributed by atoms with Crippen molar-refractivity contribution in [2.75, 3.05) is 5.32 Å². The average molecular weight is 472 g/mol. The van der Waals surface area contributed by atoms with Gasteiger partial charge < -0.3 is 9.88 Å². The summed E-state index contributed by atoms with van der Waals surface area (Å²) in [6.07, 6.45) is 0. The maximum atomic E-state index is 13.2. The minimum Gasteiger partial charge on any atom is -0.340 e. The Labute approximate surface area is 194 Å². The first-order valence-electron chi connectivity index (χ1n) is 9.47. The lowest BCUT2D eigenvalue weighted by atomic mass is 10.1. The van der Waals surface area contributed by atoms with Gasteiger partial charge in [-0.15, -0.1) is 0 Å². The second-order valence-electron chi connectivity index (χ2n) is 7.13. The van der Waals surface area contributed by atoms with E-state index in [9.17, 15) is 9.59 Å². The molecule has 0 atom stereocenters. The molecule has 4 nitrogen and oxygen atoms in total. The first-order valence-corrected chi connectivity index (χ1v) is 10.6. The Morgan fingerprint density at radius 1 is 0.871 bits per heavy atom. The second-order valence-corrected chi connectivity index (χ2v) is 8.44. The molecule has 7 heteroatoms. The third-order valence-electron chi connectivity index (χ3n) is 5.06. The van der Waals surface area contributed by atoms with E-state index in [1.54, 1.807) is 36.4 Å². The van der Waals surface area contributed by atoms with Crippen LogP contribution in [0.15, 0.2) is 66.7 Å². The number of aromatic nitrogens is 1. The smallest absolute Gasteiger partial charge is 0.296 e. The molecule has 4 aromatic rings. The number of amides is 1. The van der Waals surface area contributed by atoms with Gasteiger partial charge in [0.2, 0.25) is 0 Å². The number of fused-ring (bicyclic) bond motifs is 1. The van der Waals surface area contributed by atoms with Crippen LogP contribution in [0.1, 0.15) is 21.6 Å². The molecular formula is C24H17Cl3N2O2. The van der Waals surface area contributed by atoms with Gasteiger partial charge in [0, 0.05) is 43.9 Å². The first-order chi connectivity index (χ1) is 14.8. The van der Waals surface area contributed by atoms with Crippen molar-refractivity contribution in [3.63, 3.8) is 0 Å². The molecule has 0 aliphatic rings. The summed E-state index contributed by atoms with van der Waals surface area (Å²) in [6.45, 7) is 2.34. The van der Waals surface area contributed by atoms with Crippen molar-refractivity contribution in [3.8, 4) is 0 Å². The number of ketones is 1. The molecule has 1 N–H and O–H groups in total. The van der Waals surface area contributed by atoms with Crippen molar-refractivity contribution in [2.24, 2.45) is 0 Å². The van der Waals surface area contributed by atoms with Crippen LogP contribution in [0.5, 0.6) is 0 Å². The summed E-state index contributed by atoms with van der Waals surface area (Å²) in [7, 11) is 0. The lowest BCUT2D eigenvalue weighted by molar-refractivity contribution is -0.112. The number of rotatable bonds is 5. The van der Waals surface area contributed by atoms with Gasteiger partial charge in [-0.2, -0.15) is 0 Å². The number of carbonyl (C=O) groups excluding carboxylic acids is 2. The highest BCUT2D eigenvalue weighted by atomic mass is 35.5. The third-order valence-corrected chi connectivity index (χ3v) is 5.78. The van der Waals surface area contributed by atoms with Crippen molar-refractivity contribution < 1.29 is 9.59 Å². The zero-order chi connectivity index (χ0) is 22.1. The first kappa shape index (κ1) is 21.4. The maximum absolute atomic E-state index is 13.2. The van der Waals surface area contributed by atoms with Crippen LogP contribution in [-0.2, 0) is 11.3 Å². The van der Waals surface area contributed by atoms with Gasteiger partial charge in [-0.3, -0.25) is 9.59 Å². The van der Waals surface area contributed by atoms with Crippen LogP contribution >= 0.6 is 34.8 Å². The number of hydrogen-bond acceptors (Lipinski definition) is 2. The average Bonchev–Trinajstić information content (AvgIpc) is 2.99. The largest absolute Gasteiger partial charge is 0.340 e. The normalized spacial score (nSPS) is 11.0. The van der Waals surface area contributed by atoms with Crippen molar-refractivity contribution in [1.29, 1.82) is 0 Å². The van der Waals surface area contributed by atoms with Crippen LogP contribution in [0, 0.1) is 6.92 Å². The fraction of sp³-hybridized carbons (Fsp3) is 0.0833. The van der Waals surface area contributed by atoms with Crippen LogP contribution < -0.4 is 5.32 Å². The molecule has 0 bridgehead atoms. The standard InChI is InChI=1S/C24H17Cl3N2O2/c1-14-22(23(30)24(31)28-19-4-2-3-17(26)11-19)20-12-18(27)9-10-21(20)29(14)13-15-5-7-16(25)8-6-15/h2-12H,13H2,1H3,(H,28,31). The van der Waals surface area contributed by atoms with Crippen LogP contribution in [0.25, 0.3) is 10.9 Å². The van der Waals surface area contributed by atoms with Gasteiger partial charge >= 0.3 is 0 Å². The fourth-order valence-corrected chi connectivity index (χ4v) is 4.07. The van der Waals surface area contributed by atoms with Gasteiger partial charge in [0.15, 0.2) is 0 Å². The number of anilines is 1. The topological polar surface area (TPSA) is 51.1 Å². The number of Topliss-reactive ketones (excluding diaryl/α,β-unsaturated/α-hetero) is 1. The van der Waals surface area contributed by atoms with Crippen LogP contribution in [0.4, 0.5) is 5.69 Å². The molecule has 1 aromatic heterocycles. The lowest BCUT2D eigenvalue weighted by Gasteiger charge is -2.09. The number of benzene rings is 3. The molecule has 0 saturated carbocycles. The van der Waals surface area contributed by atoms with Crippen molar-refractivity contribution >= 4 is 63.1 Å². The molecule has 4 rings (SSSR count). The van der Waals surface area contributed by atoms with E-state index >= 15 is 0 Å². The van der Waals surface area contributed by atoms with Gasteiger partial charge in [-0.05, 0) is 61.0 Å². The Bertz CT molecular complexity index is 1310. The van der Waals surface area contributed by atoms with E-state index in [4.69, 9.17) is 34.8 Å². The van der Waals surface area contributed by atoms with Crippen LogP contribution in [0.2, 0.25) is 15.1 Å². The zero-order valence-electron chi connectivity index (χ0n) is 16.5. The second kappa shape index (κ2) is 8.75. The Balaban J connectivity index is 1.75. The molecule has 0 fully saturated rings. The predicted octanol–water partition coefficient (Wildman–Crippen LogP) is 6.78. The zero-order valence-corrected chi connectivity index (χ0v) is 18.7. The molecule has 0 spiro atoms. The number of carbonyl (C=O) groups is 2. The Morgan fingerprint density at radius 2 is 1.55 bits per heavy atom. The fourth-order valence-electron chi connectivity index (χ4n) is 3.58. The Hall–Kier alpha value is -2.79. The predicted molar refractivity (Wildman–Crippen MR) is 127 cm³/mol. The molecule has 0 aliphatic carbocycles. The summed E-state index contributed by atoms with van der Waals surface area (Å²) in [5.41, 5.74) is 3.29. The maximum Gasteiger partial charge on any atom is 0.296 e. The summed E-state index contributed by atoms with van der Waals surface area (Å²) in [4.78, 5) is 25.9. The Kier molecular flexibility index (Phi) is 6.05. The highest BCUT2D eigenvalue weighted by molar-refractivity contribution is 6.49. The van der Waals surface area contributed by atoms with Crippen molar-refractivity contribution in [1.82, 2.24) is 4.57 Å². The summed E-state index contributed by atoms with van der Waals surface area (Å²) in [5.74, 6) is -1.38. The quantitative estimate of drug-likeness (QED) is 0.258. The molecule has 1 amide bonds. The minimum absolute atomic E-state index is 0.325. The number of halogens is 3. The van der Waals surface area contributed by atoms with Crippen LogP contribution in [-0.4, -0.2) is 16.3 Å². The van der Waals surface area contributed by atoms with Gasteiger partial charge in [-0.25, -0.2) is 0 Å². The molecule has 156 valence electrons. The highest BCUT2D eigenvalue weighted by Gasteiger charge is 2.25. The molecule has 0 radical (unpaired) electrons. The number of nitrogens with one attached hydrogen (secondary N) is 1. The van der Waals surface area contributed by atoms with Gasteiger partial charge in [0.1, 0.15) is 0 Å². The Morgan fingerprint density at radius 3 is 2.26 bits per heavy atom. The van der Waals surface area contributed by atoms with E-state index in [1.165, 1.54) is 0 Å². The summed E-state index contributed by atoms with van der Waals surface area (Å²) < 4.78 is 1.99. The SMILES string of the molecule is Cc1c(C(=O)C(=O)Nc2cccc(Cl)c2)c2cc(Cl)ccc2n1Cc1ccc(Cl)cc1. The molecule has 0 unspecified atom stereocenters. The van der Waals surface area contributed by atoms with Crippen LogP contribution in [0.3, 0.4) is 0 Å². The molecule has 0 saturated heterocycles. The van der Waals surface area contributed by atoms with E-state index in [0.717, 1.165) is 11.1 Å². The van der Waals surface area contributed by atoms with E-state index in [0.29, 0.717) is 43.9 Å². The van der Waals surface area contributed by atoms with Gasteiger partial charge in [-0.1, -0.05) is 53.0 Å². The molecule has 0 aliphatic heterocycles. The van der Waals surface area contributed by atoms with E-state index in [1.807, 2.05) is 41.8 Å². The van der Waals surface area contributed by atoms with Crippen molar-refractivity contribution in [3.05, 3.63) is 98.6 Å². The van der Waals surface area contributed by atoms with Crippen molar-refractivity contribution in [2.45, 2.75) is 13.5 Å². The lowest BCUT2D eigenvalue weighted by Crippen LogP contribution is -2.23.